The highest BCUT2D eigenvalue weighted by atomic mass is 79.9. The van der Waals surface area contributed by atoms with E-state index in [0.717, 1.165) is 10.0 Å². The van der Waals surface area contributed by atoms with Crippen LogP contribution in [0.3, 0.4) is 0 Å². The fraction of sp³-hybridized carbons (Fsp3) is 0.0625. The van der Waals surface area contributed by atoms with Crippen LogP contribution < -0.4 is 15.5 Å². The molecule has 2 N–H and O–H groups in total. The quantitative estimate of drug-likeness (QED) is 0.489. The van der Waals surface area contributed by atoms with Crippen molar-refractivity contribution in [1.82, 2.24) is 5.43 Å². The molecule has 0 radical (unpaired) electrons. The molecule has 0 heterocycles. The molecule has 0 atom stereocenters. The van der Waals surface area contributed by atoms with Gasteiger partial charge in [0.1, 0.15) is 5.75 Å². The maximum atomic E-state index is 11.7. The molecule has 2 aromatic carbocycles. The summed E-state index contributed by atoms with van der Waals surface area (Å²) in [5, 5.41) is 6.21. The van der Waals surface area contributed by atoms with Gasteiger partial charge in [-0.15, -0.1) is 0 Å². The van der Waals surface area contributed by atoms with Crippen molar-refractivity contribution in [2.75, 3.05) is 12.4 Å². The summed E-state index contributed by atoms with van der Waals surface area (Å²) < 4.78 is 5.90. The van der Waals surface area contributed by atoms with Crippen LogP contribution in [0.4, 0.5) is 5.69 Å². The molecular weight excluding hydrogens is 362 g/mol. The summed E-state index contributed by atoms with van der Waals surface area (Å²) in [5.41, 5.74) is 3.45. The van der Waals surface area contributed by atoms with Gasteiger partial charge in [-0.25, -0.2) is 5.43 Å². The van der Waals surface area contributed by atoms with Crippen molar-refractivity contribution in [3.8, 4) is 5.75 Å². The van der Waals surface area contributed by atoms with Crippen LogP contribution in [0.1, 0.15) is 5.56 Å². The van der Waals surface area contributed by atoms with Crippen molar-refractivity contribution in [2.45, 2.75) is 0 Å². The van der Waals surface area contributed by atoms with E-state index in [4.69, 9.17) is 4.74 Å². The monoisotopic (exact) mass is 375 g/mol. The van der Waals surface area contributed by atoms with E-state index in [-0.39, 0.29) is 0 Å². The predicted molar refractivity (Wildman–Crippen MR) is 91.5 cm³/mol. The maximum absolute atomic E-state index is 11.7. The minimum atomic E-state index is -0.855. The summed E-state index contributed by atoms with van der Waals surface area (Å²) in [6, 6.07) is 14.0. The second-order valence-corrected chi connectivity index (χ2v) is 5.35. The molecule has 2 amide bonds. The molecule has 0 bridgehead atoms. The Morgan fingerprint density at radius 1 is 1.13 bits per heavy atom. The number of ether oxygens (including phenoxy) is 1. The van der Waals surface area contributed by atoms with Crippen LogP contribution in [-0.4, -0.2) is 25.1 Å². The highest BCUT2D eigenvalue weighted by Gasteiger charge is 2.12. The smallest absolute Gasteiger partial charge is 0.329 e. The number of nitrogens with zero attached hydrogens (tertiary/aromatic N) is 1. The first-order valence-corrected chi connectivity index (χ1v) is 7.42. The molecular formula is C16H14BrN3O3. The highest BCUT2D eigenvalue weighted by Crippen LogP contribution is 2.14. The normalized spacial score (nSPS) is 10.3. The number of carbonyl (C=O) groups is 2. The Hall–Kier alpha value is -2.67. The van der Waals surface area contributed by atoms with E-state index in [2.05, 4.69) is 31.8 Å². The molecule has 0 aromatic heterocycles. The third kappa shape index (κ3) is 5.23. The average molecular weight is 376 g/mol. The summed E-state index contributed by atoms with van der Waals surface area (Å²) in [7, 11) is 1.55. The number of amides is 2. The Kier molecular flexibility index (Phi) is 5.87. The maximum Gasteiger partial charge on any atom is 0.329 e. The lowest BCUT2D eigenvalue weighted by Gasteiger charge is -2.05. The van der Waals surface area contributed by atoms with E-state index < -0.39 is 11.8 Å². The number of nitrogens with one attached hydrogen (secondary N) is 2. The van der Waals surface area contributed by atoms with Gasteiger partial charge in [0.2, 0.25) is 0 Å². The minimum absolute atomic E-state index is 0.488. The van der Waals surface area contributed by atoms with Gasteiger partial charge in [0.05, 0.1) is 13.3 Å². The third-order valence-electron chi connectivity index (χ3n) is 2.78. The fourth-order valence-electron chi connectivity index (χ4n) is 1.67. The molecule has 0 aliphatic carbocycles. The summed E-state index contributed by atoms with van der Waals surface area (Å²) in [5.74, 6) is -1.00. The molecule has 7 heteroatoms. The van der Waals surface area contributed by atoms with Crippen LogP contribution in [0.5, 0.6) is 5.75 Å². The zero-order valence-corrected chi connectivity index (χ0v) is 13.8. The summed E-state index contributed by atoms with van der Waals surface area (Å²) >= 11 is 3.33. The zero-order valence-electron chi connectivity index (χ0n) is 12.2. The lowest BCUT2D eigenvalue weighted by Crippen LogP contribution is -2.32. The van der Waals surface area contributed by atoms with Gasteiger partial charge in [0.25, 0.3) is 0 Å². The molecule has 0 saturated carbocycles. The molecule has 6 nitrogen and oxygen atoms in total. The largest absolute Gasteiger partial charge is 0.497 e. The highest BCUT2D eigenvalue weighted by molar-refractivity contribution is 9.10. The molecule has 0 aliphatic rings. The molecule has 0 spiro atoms. The Balaban J connectivity index is 1.88. The number of rotatable bonds is 4. The summed E-state index contributed by atoms with van der Waals surface area (Å²) in [4.78, 5) is 23.4. The van der Waals surface area contributed by atoms with E-state index in [1.165, 1.54) is 6.21 Å². The standard InChI is InChI=1S/C16H14BrN3O3/c1-23-14-7-5-13(6-8-14)19-15(21)16(22)20-18-10-11-3-2-4-12(17)9-11/h2-10H,1H3,(H,19,21)(H,20,22)/b18-10+. The first-order valence-electron chi connectivity index (χ1n) is 6.62. The number of methoxy groups -OCH3 is 1. The molecule has 0 unspecified atom stereocenters. The average Bonchev–Trinajstić information content (AvgIpc) is 2.55. The van der Waals surface area contributed by atoms with Gasteiger partial charge in [-0.05, 0) is 42.0 Å². The van der Waals surface area contributed by atoms with Gasteiger partial charge in [0, 0.05) is 10.2 Å². The number of benzene rings is 2. The number of anilines is 1. The minimum Gasteiger partial charge on any atom is -0.497 e. The van der Waals surface area contributed by atoms with Gasteiger partial charge in [-0.1, -0.05) is 28.1 Å². The Labute approximate surface area is 141 Å². The molecule has 2 aromatic rings. The molecule has 118 valence electrons. The SMILES string of the molecule is COc1ccc(NC(=O)C(=O)N/N=C/c2cccc(Br)c2)cc1. The molecule has 0 aliphatic heterocycles. The van der Waals surface area contributed by atoms with Crippen LogP contribution >= 0.6 is 15.9 Å². The third-order valence-corrected chi connectivity index (χ3v) is 3.28. The van der Waals surface area contributed by atoms with E-state index in [1.807, 2.05) is 24.3 Å². The van der Waals surface area contributed by atoms with Crippen molar-refractivity contribution in [1.29, 1.82) is 0 Å². The zero-order chi connectivity index (χ0) is 16.7. The number of hydrogen-bond donors (Lipinski definition) is 2. The number of hydrazone groups is 1. The lowest BCUT2D eigenvalue weighted by atomic mass is 10.2. The number of carbonyl (C=O) groups excluding carboxylic acids is 2. The van der Waals surface area contributed by atoms with Crippen molar-refractivity contribution < 1.29 is 14.3 Å². The number of halogens is 1. The van der Waals surface area contributed by atoms with Crippen LogP contribution in [-0.2, 0) is 9.59 Å². The van der Waals surface area contributed by atoms with Crippen molar-refractivity contribution in [3.05, 3.63) is 58.6 Å². The van der Waals surface area contributed by atoms with E-state index in [0.29, 0.717) is 11.4 Å². The summed E-state index contributed by atoms with van der Waals surface area (Å²) in [6.45, 7) is 0. The molecule has 2 rings (SSSR count). The second kappa shape index (κ2) is 8.09. The van der Waals surface area contributed by atoms with Gasteiger partial charge < -0.3 is 10.1 Å². The molecule has 23 heavy (non-hydrogen) atoms. The van der Waals surface area contributed by atoms with Crippen LogP contribution in [0.25, 0.3) is 0 Å². The topological polar surface area (TPSA) is 79.8 Å². The Bertz CT molecular complexity index is 730. The fourth-order valence-corrected chi connectivity index (χ4v) is 2.08. The van der Waals surface area contributed by atoms with Crippen LogP contribution in [0.15, 0.2) is 58.1 Å². The Morgan fingerprint density at radius 2 is 1.87 bits per heavy atom. The van der Waals surface area contributed by atoms with E-state index >= 15 is 0 Å². The lowest BCUT2D eigenvalue weighted by molar-refractivity contribution is -0.136. The van der Waals surface area contributed by atoms with Crippen LogP contribution in [0.2, 0.25) is 0 Å². The van der Waals surface area contributed by atoms with Gasteiger partial charge in [-0.3, -0.25) is 9.59 Å². The summed E-state index contributed by atoms with van der Waals surface area (Å²) in [6.07, 6.45) is 1.45. The van der Waals surface area contributed by atoms with E-state index in [9.17, 15) is 9.59 Å². The van der Waals surface area contributed by atoms with Crippen LogP contribution in [0, 0.1) is 0 Å². The van der Waals surface area contributed by atoms with Gasteiger partial charge in [-0.2, -0.15) is 5.10 Å². The molecule has 0 saturated heterocycles. The van der Waals surface area contributed by atoms with Crippen molar-refractivity contribution >= 4 is 39.6 Å². The first-order chi connectivity index (χ1) is 11.1. The van der Waals surface area contributed by atoms with Gasteiger partial charge in [0.15, 0.2) is 0 Å². The second-order valence-electron chi connectivity index (χ2n) is 4.44. The Morgan fingerprint density at radius 3 is 2.52 bits per heavy atom. The van der Waals surface area contributed by atoms with Crippen molar-refractivity contribution in [2.24, 2.45) is 5.10 Å². The van der Waals surface area contributed by atoms with Crippen molar-refractivity contribution in [3.63, 3.8) is 0 Å². The molecule has 0 fully saturated rings. The predicted octanol–water partition coefficient (Wildman–Crippen LogP) is 2.55. The number of hydrogen-bond acceptors (Lipinski definition) is 4. The first kappa shape index (κ1) is 16.7. The van der Waals surface area contributed by atoms with Gasteiger partial charge >= 0.3 is 11.8 Å². The van der Waals surface area contributed by atoms with E-state index in [1.54, 1.807) is 31.4 Å².